The summed E-state index contributed by atoms with van der Waals surface area (Å²) < 4.78 is 0.883. The predicted octanol–water partition coefficient (Wildman–Crippen LogP) is 3.28. The highest BCUT2D eigenvalue weighted by molar-refractivity contribution is 9.10. The fourth-order valence-electron chi connectivity index (χ4n) is 2.72. The summed E-state index contributed by atoms with van der Waals surface area (Å²) in [6.45, 7) is 1.53. The van der Waals surface area contributed by atoms with E-state index < -0.39 is 0 Å². The first-order valence-corrected chi connectivity index (χ1v) is 8.37. The number of carbonyl (C=O) groups is 1. The van der Waals surface area contributed by atoms with Gasteiger partial charge in [0.15, 0.2) is 0 Å². The summed E-state index contributed by atoms with van der Waals surface area (Å²) in [6, 6.07) is 5.80. The number of aliphatic hydroxyl groups excluding tert-OH is 1. The minimum Gasteiger partial charge on any atom is -0.396 e. The van der Waals surface area contributed by atoms with Gasteiger partial charge in [-0.05, 0) is 50.4 Å². The maximum atomic E-state index is 12.2. The second-order valence-corrected chi connectivity index (χ2v) is 6.63. The molecule has 1 amide bonds. The molecular weight excluding hydrogens is 356 g/mol. The number of nitrogens with zero attached hydrogens (tertiary/aromatic N) is 1. The van der Waals surface area contributed by atoms with Gasteiger partial charge in [-0.15, -0.1) is 0 Å². The summed E-state index contributed by atoms with van der Waals surface area (Å²) in [5, 5.41) is 12.3. The number of benzene rings is 1. The van der Waals surface area contributed by atoms with E-state index in [1.807, 2.05) is 6.07 Å². The number of nitrogens with one attached hydrogen (secondary N) is 1. The number of anilines is 1. The number of carbonyl (C=O) groups excluding carboxylic acids is 1. The van der Waals surface area contributed by atoms with E-state index in [0.717, 1.165) is 36.7 Å². The summed E-state index contributed by atoms with van der Waals surface area (Å²) in [5.74, 6) is -0.0462. The Morgan fingerprint density at radius 2 is 2.33 bits per heavy atom. The fraction of sp³-hybridized carbons (Fsp3) is 0.533. The van der Waals surface area contributed by atoms with E-state index >= 15 is 0 Å². The first-order valence-electron chi connectivity index (χ1n) is 7.20. The molecule has 0 aliphatic carbocycles. The lowest BCUT2D eigenvalue weighted by Crippen LogP contribution is -2.36. The highest BCUT2D eigenvalue weighted by atomic mass is 79.9. The molecule has 1 heterocycles. The summed E-state index contributed by atoms with van der Waals surface area (Å²) >= 11 is 9.44. The van der Waals surface area contributed by atoms with Crippen LogP contribution < -0.4 is 5.32 Å². The van der Waals surface area contributed by atoms with Crippen LogP contribution in [0.15, 0.2) is 22.7 Å². The Morgan fingerprint density at radius 1 is 1.52 bits per heavy atom. The summed E-state index contributed by atoms with van der Waals surface area (Å²) in [7, 11) is 0. The van der Waals surface area contributed by atoms with Gasteiger partial charge < -0.3 is 10.4 Å². The van der Waals surface area contributed by atoms with Crippen LogP contribution in [0.4, 0.5) is 5.69 Å². The third-order valence-electron chi connectivity index (χ3n) is 3.75. The van der Waals surface area contributed by atoms with Crippen molar-refractivity contribution in [1.82, 2.24) is 4.90 Å². The van der Waals surface area contributed by atoms with Crippen molar-refractivity contribution in [2.45, 2.75) is 31.7 Å². The summed E-state index contributed by atoms with van der Waals surface area (Å²) in [4.78, 5) is 14.3. The minimum atomic E-state index is -0.0462. The molecule has 0 bridgehead atoms. The number of aliphatic hydroxyl groups is 1. The zero-order valence-corrected chi connectivity index (χ0v) is 14.2. The summed E-state index contributed by atoms with van der Waals surface area (Å²) in [6.07, 6.45) is 3.96. The minimum absolute atomic E-state index is 0.0462. The Kier molecular flexibility index (Phi) is 6.48. The van der Waals surface area contributed by atoms with Crippen LogP contribution in [0.25, 0.3) is 0 Å². The highest BCUT2D eigenvalue weighted by Gasteiger charge is 2.25. The van der Waals surface area contributed by atoms with Crippen molar-refractivity contribution < 1.29 is 9.90 Å². The molecule has 0 saturated carbocycles. The van der Waals surface area contributed by atoms with Crippen molar-refractivity contribution in [3.05, 3.63) is 27.7 Å². The molecule has 1 aromatic rings. The van der Waals surface area contributed by atoms with Crippen molar-refractivity contribution in [2.24, 2.45) is 0 Å². The standard InChI is InChI=1S/C15H20BrClN2O2/c16-11-5-6-14(13(17)9-11)18-15(21)10-19-7-1-3-12(19)4-2-8-20/h5-6,9,12,20H,1-4,7-8,10H2,(H,18,21). The molecular formula is C15H20BrClN2O2. The zero-order valence-electron chi connectivity index (χ0n) is 11.8. The first kappa shape index (κ1) is 16.7. The molecule has 116 valence electrons. The van der Waals surface area contributed by atoms with Gasteiger partial charge in [0.05, 0.1) is 17.3 Å². The van der Waals surface area contributed by atoms with Crippen molar-refractivity contribution in [1.29, 1.82) is 0 Å². The maximum Gasteiger partial charge on any atom is 0.238 e. The SMILES string of the molecule is O=C(CN1CCCC1CCCO)Nc1ccc(Br)cc1Cl. The van der Waals surface area contributed by atoms with E-state index in [2.05, 4.69) is 26.1 Å². The average molecular weight is 376 g/mol. The van der Waals surface area contributed by atoms with Gasteiger partial charge in [-0.3, -0.25) is 9.69 Å². The van der Waals surface area contributed by atoms with Gasteiger partial charge in [-0.1, -0.05) is 27.5 Å². The van der Waals surface area contributed by atoms with Crippen LogP contribution in [-0.2, 0) is 4.79 Å². The monoisotopic (exact) mass is 374 g/mol. The van der Waals surface area contributed by atoms with E-state index in [0.29, 0.717) is 23.3 Å². The van der Waals surface area contributed by atoms with Gasteiger partial charge in [0, 0.05) is 17.1 Å². The number of rotatable bonds is 6. The Morgan fingerprint density at radius 3 is 3.05 bits per heavy atom. The molecule has 1 aliphatic rings. The Balaban J connectivity index is 1.89. The molecule has 2 rings (SSSR count). The van der Waals surface area contributed by atoms with Gasteiger partial charge in [-0.25, -0.2) is 0 Å². The molecule has 4 nitrogen and oxygen atoms in total. The van der Waals surface area contributed by atoms with Crippen LogP contribution in [0.2, 0.25) is 5.02 Å². The van der Waals surface area contributed by atoms with Gasteiger partial charge in [0.2, 0.25) is 5.91 Å². The fourth-order valence-corrected chi connectivity index (χ4v) is 3.44. The predicted molar refractivity (Wildman–Crippen MR) is 88.7 cm³/mol. The molecule has 1 aromatic carbocycles. The van der Waals surface area contributed by atoms with Crippen molar-refractivity contribution in [3.63, 3.8) is 0 Å². The highest BCUT2D eigenvalue weighted by Crippen LogP contribution is 2.26. The largest absolute Gasteiger partial charge is 0.396 e. The van der Waals surface area contributed by atoms with Crippen molar-refractivity contribution in [3.8, 4) is 0 Å². The maximum absolute atomic E-state index is 12.2. The molecule has 1 aliphatic heterocycles. The van der Waals surface area contributed by atoms with E-state index in [-0.39, 0.29) is 12.5 Å². The Hall–Kier alpha value is -0.620. The molecule has 6 heteroatoms. The van der Waals surface area contributed by atoms with Crippen molar-refractivity contribution in [2.75, 3.05) is 25.0 Å². The van der Waals surface area contributed by atoms with E-state index in [9.17, 15) is 4.79 Å². The molecule has 1 fully saturated rings. The quantitative estimate of drug-likeness (QED) is 0.802. The van der Waals surface area contributed by atoms with Crippen molar-refractivity contribution >= 4 is 39.1 Å². The van der Waals surface area contributed by atoms with Gasteiger partial charge in [-0.2, -0.15) is 0 Å². The Bertz CT molecular complexity index is 499. The molecule has 0 aromatic heterocycles. The van der Waals surface area contributed by atoms with E-state index in [1.54, 1.807) is 12.1 Å². The molecule has 2 N–H and O–H groups in total. The van der Waals surface area contributed by atoms with Gasteiger partial charge in [0.1, 0.15) is 0 Å². The first-order chi connectivity index (χ1) is 10.1. The Labute approximate surface area is 138 Å². The molecule has 0 spiro atoms. The van der Waals surface area contributed by atoms with E-state index in [4.69, 9.17) is 16.7 Å². The van der Waals surface area contributed by atoms with Gasteiger partial charge >= 0.3 is 0 Å². The lowest BCUT2D eigenvalue weighted by atomic mass is 10.1. The second-order valence-electron chi connectivity index (χ2n) is 5.30. The molecule has 1 unspecified atom stereocenters. The number of likely N-dealkylation sites (tertiary alicyclic amines) is 1. The van der Waals surface area contributed by atoms with Crippen LogP contribution in [0, 0.1) is 0 Å². The smallest absolute Gasteiger partial charge is 0.238 e. The molecule has 21 heavy (non-hydrogen) atoms. The molecule has 0 radical (unpaired) electrons. The third-order valence-corrected chi connectivity index (χ3v) is 4.55. The average Bonchev–Trinajstić information content (AvgIpc) is 2.87. The number of amides is 1. The summed E-state index contributed by atoms with van der Waals surface area (Å²) in [5.41, 5.74) is 0.635. The molecule has 1 saturated heterocycles. The number of hydrogen-bond acceptors (Lipinski definition) is 3. The molecule has 1 atom stereocenters. The van der Waals surface area contributed by atoms with E-state index in [1.165, 1.54) is 0 Å². The van der Waals surface area contributed by atoms with Crippen LogP contribution in [0.5, 0.6) is 0 Å². The number of halogens is 2. The lowest BCUT2D eigenvalue weighted by molar-refractivity contribution is -0.117. The second kappa shape index (κ2) is 8.13. The number of hydrogen-bond donors (Lipinski definition) is 2. The van der Waals surface area contributed by atoms with Crippen LogP contribution >= 0.6 is 27.5 Å². The topological polar surface area (TPSA) is 52.6 Å². The lowest BCUT2D eigenvalue weighted by Gasteiger charge is -2.23. The van der Waals surface area contributed by atoms with Crippen LogP contribution in [-0.4, -0.2) is 41.7 Å². The zero-order chi connectivity index (χ0) is 15.2. The van der Waals surface area contributed by atoms with Gasteiger partial charge in [0.25, 0.3) is 0 Å². The van der Waals surface area contributed by atoms with Crippen LogP contribution in [0.1, 0.15) is 25.7 Å². The normalized spacial score (nSPS) is 18.9. The van der Waals surface area contributed by atoms with Crippen LogP contribution in [0.3, 0.4) is 0 Å². The third kappa shape index (κ3) is 4.95.